The predicted octanol–water partition coefficient (Wildman–Crippen LogP) is 2.27. The number of imidazole rings is 1. The number of hydrogen-bond donors (Lipinski definition) is 1. The molecule has 2 aromatic rings. The molecule has 0 bridgehead atoms. The van der Waals surface area contributed by atoms with Gasteiger partial charge in [-0.25, -0.2) is 19.6 Å². The Labute approximate surface area is 181 Å². The molecule has 12 heteroatoms. The minimum atomic E-state index is -3.37. The number of carbonyl (C=O) groups excluding carboxylic acids is 1. The van der Waals surface area contributed by atoms with Crippen LogP contribution in [0.2, 0.25) is 0 Å². The highest BCUT2D eigenvalue weighted by Gasteiger charge is 2.45. The summed E-state index contributed by atoms with van der Waals surface area (Å²) in [5.41, 5.74) is 6.97. The number of methoxy groups -OCH3 is 1. The highest BCUT2D eigenvalue weighted by atomic mass is 31.2. The standard InChI is InChI=1S/C19H31N6O5P/c1-5-13(2)16(19(26)28-4)25-7-6-8-30-31(25,27)12-29-14(3)9-24-11-23-15-17(20)21-10-22-18(15)24/h10-11,13-14,16H,5-9,12H2,1-4H3,(H2,20,21,22)/t13?,14-,16+,31?/m1/s1. The predicted molar refractivity (Wildman–Crippen MR) is 115 cm³/mol. The number of nitrogens with two attached hydrogens (primary N) is 1. The molecule has 2 N–H and O–H groups in total. The molecule has 0 spiro atoms. The van der Waals surface area contributed by atoms with E-state index in [-0.39, 0.29) is 18.4 Å². The topological polar surface area (TPSA) is 135 Å². The van der Waals surface area contributed by atoms with Crippen LogP contribution in [0.5, 0.6) is 0 Å². The summed E-state index contributed by atoms with van der Waals surface area (Å²) in [4.78, 5) is 24.9. The van der Waals surface area contributed by atoms with Gasteiger partial charge in [0.2, 0.25) is 0 Å². The molecule has 2 aromatic heterocycles. The summed E-state index contributed by atoms with van der Waals surface area (Å²) < 4.78 is 33.8. The molecule has 3 rings (SSSR count). The van der Waals surface area contributed by atoms with Crippen molar-refractivity contribution in [2.24, 2.45) is 5.92 Å². The third kappa shape index (κ3) is 5.06. The van der Waals surface area contributed by atoms with Gasteiger partial charge in [0.1, 0.15) is 24.2 Å². The first-order valence-corrected chi connectivity index (χ1v) is 12.2. The number of ether oxygens (including phenoxy) is 2. The average Bonchev–Trinajstić information content (AvgIpc) is 3.17. The Hall–Kier alpha value is -2.07. The summed E-state index contributed by atoms with van der Waals surface area (Å²) in [6.45, 7) is 7.08. The number of fused-ring (bicyclic) bond motifs is 1. The third-order valence-corrected chi connectivity index (χ3v) is 7.86. The van der Waals surface area contributed by atoms with Crippen molar-refractivity contribution in [2.75, 3.05) is 32.3 Å². The van der Waals surface area contributed by atoms with Gasteiger partial charge in [-0.05, 0) is 19.3 Å². The van der Waals surface area contributed by atoms with E-state index in [2.05, 4.69) is 15.0 Å². The van der Waals surface area contributed by atoms with Gasteiger partial charge in [-0.3, -0.25) is 9.36 Å². The van der Waals surface area contributed by atoms with E-state index < -0.39 is 19.5 Å². The van der Waals surface area contributed by atoms with Crippen molar-refractivity contribution in [1.82, 2.24) is 24.2 Å². The van der Waals surface area contributed by atoms with Crippen LogP contribution in [0.25, 0.3) is 11.2 Å². The first kappa shape index (κ1) is 23.6. The Bertz CT molecular complexity index is 953. The Morgan fingerprint density at radius 3 is 2.84 bits per heavy atom. The fraction of sp³-hybridized carbons (Fsp3) is 0.684. The van der Waals surface area contributed by atoms with Crippen LogP contribution in [0.4, 0.5) is 5.82 Å². The molecule has 0 aromatic carbocycles. The van der Waals surface area contributed by atoms with Crippen LogP contribution in [-0.4, -0.2) is 68.9 Å². The molecule has 1 saturated heterocycles. The molecule has 2 unspecified atom stereocenters. The lowest BCUT2D eigenvalue weighted by Gasteiger charge is -2.41. The van der Waals surface area contributed by atoms with Crippen LogP contribution < -0.4 is 5.73 Å². The largest absolute Gasteiger partial charge is 0.468 e. The molecule has 4 atom stereocenters. The number of nitrogen functional groups attached to an aromatic ring is 1. The molecule has 1 fully saturated rings. The molecule has 0 amide bonds. The first-order valence-electron chi connectivity index (χ1n) is 10.4. The fourth-order valence-electron chi connectivity index (χ4n) is 3.68. The average molecular weight is 454 g/mol. The fourth-order valence-corrected chi connectivity index (χ4v) is 6.05. The summed E-state index contributed by atoms with van der Waals surface area (Å²) in [6, 6.07) is -0.641. The van der Waals surface area contributed by atoms with Crippen LogP contribution in [0, 0.1) is 5.92 Å². The zero-order valence-electron chi connectivity index (χ0n) is 18.4. The number of rotatable bonds is 9. The van der Waals surface area contributed by atoms with Gasteiger partial charge in [0, 0.05) is 6.54 Å². The van der Waals surface area contributed by atoms with E-state index in [0.29, 0.717) is 43.1 Å². The quantitative estimate of drug-likeness (QED) is 0.444. The van der Waals surface area contributed by atoms with Crippen LogP contribution >= 0.6 is 7.52 Å². The molecular formula is C19H31N6O5P. The lowest BCUT2D eigenvalue weighted by molar-refractivity contribution is -0.147. The molecule has 0 saturated carbocycles. The monoisotopic (exact) mass is 454 g/mol. The van der Waals surface area contributed by atoms with E-state index in [1.165, 1.54) is 13.4 Å². The van der Waals surface area contributed by atoms with E-state index >= 15 is 0 Å². The van der Waals surface area contributed by atoms with E-state index in [9.17, 15) is 9.36 Å². The lowest BCUT2D eigenvalue weighted by Crippen LogP contribution is -2.47. The van der Waals surface area contributed by atoms with Gasteiger partial charge in [0.25, 0.3) is 7.52 Å². The molecule has 0 aliphatic carbocycles. The molecule has 0 radical (unpaired) electrons. The SMILES string of the molecule is CCC(C)[C@@H](C(=O)OC)N1CCCOP1(=O)CO[C@H](C)Cn1cnc2c(N)ncnc21. The number of carbonyl (C=O) groups is 1. The summed E-state index contributed by atoms with van der Waals surface area (Å²) >= 11 is 0. The van der Waals surface area contributed by atoms with Crippen molar-refractivity contribution in [1.29, 1.82) is 0 Å². The summed E-state index contributed by atoms with van der Waals surface area (Å²) in [5, 5.41) is 0. The van der Waals surface area contributed by atoms with Crippen LogP contribution in [-0.2, 0) is 29.9 Å². The molecule has 1 aliphatic heterocycles. The summed E-state index contributed by atoms with van der Waals surface area (Å²) in [6.07, 6.45) is 4.00. The maximum atomic E-state index is 13.7. The second-order valence-electron chi connectivity index (χ2n) is 7.78. The van der Waals surface area contributed by atoms with Gasteiger partial charge in [-0.2, -0.15) is 0 Å². The maximum Gasteiger partial charge on any atom is 0.323 e. The number of hydrogen-bond acceptors (Lipinski definition) is 9. The van der Waals surface area contributed by atoms with Crippen molar-refractivity contribution >= 4 is 30.5 Å². The lowest BCUT2D eigenvalue weighted by atomic mass is 9.99. The smallest absolute Gasteiger partial charge is 0.323 e. The zero-order chi connectivity index (χ0) is 22.6. The van der Waals surface area contributed by atoms with Gasteiger partial charge in [0.15, 0.2) is 11.5 Å². The minimum Gasteiger partial charge on any atom is -0.468 e. The maximum absolute atomic E-state index is 13.7. The molecule has 31 heavy (non-hydrogen) atoms. The number of esters is 1. The van der Waals surface area contributed by atoms with Crippen LogP contribution in [0.1, 0.15) is 33.6 Å². The van der Waals surface area contributed by atoms with Crippen molar-refractivity contribution < 1.29 is 23.4 Å². The van der Waals surface area contributed by atoms with Gasteiger partial charge in [0.05, 0.1) is 32.7 Å². The van der Waals surface area contributed by atoms with Gasteiger partial charge in [-0.1, -0.05) is 20.3 Å². The van der Waals surface area contributed by atoms with Crippen molar-refractivity contribution in [3.8, 4) is 0 Å². The molecule has 1 aliphatic rings. The number of anilines is 1. The van der Waals surface area contributed by atoms with Crippen molar-refractivity contribution in [3.63, 3.8) is 0 Å². The number of aromatic nitrogens is 4. The Balaban J connectivity index is 1.72. The Kier molecular flexibility index (Phi) is 7.64. The molecule has 11 nitrogen and oxygen atoms in total. The van der Waals surface area contributed by atoms with Gasteiger partial charge < -0.3 is 24.3 Å². The molecular weight excluding hydrogens is 423 g/mol. The third-order valence-electron chi connectivity index (χ3n) is 5.57. The number of nitrogens with zero attached hydrogens (tertiary/aromatic N) is 5. The van der Waals surface area contributed by atoms with Crippen molar-refractivity contribution in [2.45, 2.75) is 52.3 Å². The normalized spacial score (nSPS) is 22.8. The summed E-state index contributed by atoms with van der Waals surface area (Å²) in [7, 11) is -2.03. The van der Waals surface area contributed by atoms with Crippen molar-refractivity contribution in [3.05, 3.63) is 12.7 Å². The second-order valence-corrected chi connectivity index (χ2v) is 10.1. The van der Waals surface area contributed by atoms with E-state index in [4.69, 9.17) is 19.7 Å². The van der Waals surface area contributed by atoms with E-state index in [0.717, 1.165) is 6.42 Å². The Morgan fingerprint density at radius 1 is 1.35 bits per heavy atom. The minimum absolute atomic E-state index is 0.0395. The Morgan fingerprint density at radius 2 is 2.13 bits per heavy atom. The van der Waals surface area contributed by atoms with E-state index in [1.807, 2.05) is 25.3 Å². The van der Waals surface area contributed by atoms with Gasteiger partial charge in [-0.15, -0.1) is 0 Å². The molecule has 172 valence electrons. The van der Waals surface area contributed by atoms with Crippen LogP contribution in [0.15, 0.2) is 12.7 Å². The van der Waals surface area contributed by atoms with Crippen LogP contribution in [0.3, 0.4) is 0 Å². The van der Waals surface area contributed by atoms with Gasteiger partial charge >= 0.3 is 5.97 Å². The summed E-state index contributed by atoms with van der Waals surface area (Å²) in [5.74, 6) is -0.135. The highest BCUT2D eigenvalue weighted by molar-refractivity contribution is 7.56. The highest BCUT2D eigenvalue weighted by Crippen LogP contribution is 2.55. The molecule has 3 heterocycles. The zero-order valence-corrected chi connectivity index (χ0v) is 19.3. The first-order chi connectivity index (χ1) is 14.8. The second kappa shape index (κ2) is 10.0. The van der Waals surface area contributed by atoms with E-state index in [1.54, 1.807) is 11.0 Å².